The van der Waals surface area contributed by atoms with Gasteiger partial charge < -0.3 is 29.4 Å². The molecule has 2 amide bonds. The number of rotatable bonds is 11. The van der Waals surface area contributed by atoms with Gasteiger partial charge in [0.1, 0.15) is 17.5 Å². The molecule has 0 radical (unpaired) electrons. The van der Waals surface area contributed by atoms with Crippen molar-refractivity contribution < 1.29 is 41.5 Å². The predicted molar refractivity (Wildman–Crippen MR) is 135 cm³/mol. The SMILES string of the molecule is COCC(NC(=O)c1ccnc(C(F)(F)F)n1)C(=O)N[C@@H](CCOc1ccccc1)B1OC(C)(C)C(C)(C)O1. The van der Waals surface area contributed by atoms with E-state index < -0.39 is 59.8 Å². The van der Waals surface area contributed by atoms with E-state index in [1.807, 2.05) is 45.9 Å². The Bertz CT molecular complexity index is 1120. The van der Waals surface area contributed by atoms with Crippen molar-refractivity contribution in [3.63, 3.8) is 0 Å². The molecular formula is C25H32BF3N4O6. The number of alkyl halides is 3. The van der Waals surface area contributed by atoms with Gasteiger partial charge in [0.25, 0.3) is 5.91 Å². The molecule has 1 unspecified atom stereocenters. The minimum absolute atomic E-state index is 0.210. The van der Waals surface area contributed by atoms with Crippen molar-refractivity contribution in [2.24, 2.45) is 0 Å². The van der Waals surface area contributed by atoms with Gasteiger partial charge in [-0.2, -0.15) is 13.2 Å². The molecule has 14 heteroatoms. The van der Waals surface area contributed by atoms with Crippen LogP contribution >= 0.6 is 0 Å². The highest BCUT2D eigenvalue weighted by atomic mass is 19.4. The number of methoxy groups -OCH3 is 1. The van der Waals surface area contributed by atoms with E-state index in [4.69, 9.17) is 18.8 Å². The summed E-state index contributed by atoms with van der Waals surface area (Å²) in [6, 6.07) is 8.86. The summed E-state index contributed by atoms with van der Waals surface area (Å²) in [6.07, 6.45) is -3.74. The zero-order chi connectivity index (χ0) is 28.8. The van der Waals surface area contributed by atoms with Crippen LogP contribution in [0.25, 0.3) is 0 Å². The van der Waals surface area contributed by atoms with Crippen LogP contribution in [-0.2, 0) is 25.0 Å². The van der Waals surface area contributed by atoms with E-state index in [0.29, 0.717) is 5.75 Å². The van der Waals surface area contributed by atoms with Gasteiger partial charge >= 0.3 is 13.3 Å². The number of carbonyl (C=O) groups excluding carboxylic acids is 2. The quantitative estimate of drug-likeness (QED) is 0.409. The Labute approximate surface area is 225 Å². The first kappa shape index (κ1) is 30.3. The standard InChI is InChI=1S/C25H32BF3N4O6/c1-23(2)24(3,4)39-26(38-23)19(12-14-37-16-9-7-6-8-10-16)33-21(35)18(15-36-5)31-20(34)17-11-13-30-22(32-17)25(27,28)29/h6-11,13,18-19H,12,14-15H2,1-5H3,(H,31,34)(H,33,35)/t18?,19-/m0/s1. The molecule has 39 heavy (non-hydrogen) atoms. The number of hydrogen-bond acceptors (Lipinski definition) is 8. The highest BCUT2D eigenvalue weighted by Gasteiger charge is 2.54. The van der Waals surface area contributed by atoms with Crippen LogP contribution in [0.3, 0.4) is 0 Å². The Morgan fingerprint density at radius 3 is 2.28 bits per heavy atom. The fraction of sp³-hybridized carbons (Fsp3) is 0.520. The normalized spacial score (nSPS) is 17.8. The van der Waals surface area contributed by atoms with Gasteiger partial charge in [-0.25, -0.2) is 9.97 Å². The number of ether oxygens (including phenoxy) is 2. The summed E-state index contributed by atoms with van der Waals surface area (Å²) in [6.45, 7) is 7.44. The van der Waals surface area contributed by atoms with Crippen molar-refractivity contribution in [2.45, 2.75) is 63.5 Å². The molecule has 0 bridgehead atoms. The fourth-order valence-electron chi connectivity index (χ4n) is 3.64. The molecular weight excluding hydrogens is 520 g/mol. The van der Waals surface area contributed by atoms with Gasteiger partial charge in [-0.3, -0.25) is 9.59 Å². The highest BCUT2D eigenvalue weighted by molar-refractivity contribution is 6.48. The number of amides is 2. The van der Waals surface area contributed by atoms with E-state index in [1.165, 1.54) is 7.11 Å². The number of nitrogens with zero attached hydrogens (tertiary/aromatic N) is 2. The molecule has 2 atom stereocenters. The summed E-state index contributed by atoms with van der Waals surface area (Å²) < 4.78 is 62.1. The third-order valence-corrected chi connectivity index (χ3v) is 6.47. The molecule has 1 saturated heterocycles. The van der Waals surface area contributed by atoms with Gasteiger partial charge in [0, 0.05) is 19.7 Å². The number of aromatic nitrogens is 2. The smallest absolute Gasteiger partial charge is 0.481 e. The number of carbonyl (C=O) groups is 2. The molecule has 0 saturated carbocycles. The topological polar surface area (TPSA) is 121 Å². The monoisotopic (exact) mass is 552 g/mol. The lowest BCUT2D eigenvalue weighted by molar-refractivity contribution is -0.145. The molecule has 1 aromatic heterocycles. The number of nitrogens with one attached hydrogen (secondary N) is 2. The molecule has 1 aliphatic heterocycles. The van der Waals surface area contributed by atoms with Crippen LogP contribution in [0.2, 0.25) is 0 Å². The van der Waals surface area contributed by atoms with Gasteiger partial charge in [-0.05, 0) is 45.9 Å². The van der Waals surface area contributed by atoms with E-state index in [9.17, 15) is 22.8 Å². The second kappa shape index (κ2) is 12.3. The summed E-state index contributed by atoms with van der Waals surface area (Å²) in [7, 11) is 0.478. The van der Waals surface area contributed by atoms with Crippen LogP contribution in [0, 0.1) is 0 Å². The summed E-state index contributed by atoms with van der Waals surface area (Å²) >= 11 is 0. The summed E-state index contributed by atoms with van der Waals surface area (Å²) in [5.41, 5.74) is -1.90. The third-order valence-electron chi connectivity index (χ3n) is 6.47. The molecule has 10 nitrogen and oxygen atoms in total. The molecule has 0 spiro atoms. The molecule has 1 fully saturated rings. The Hall–Kier alpha value is -3.23. The summed E-state index contributed by atoms with van der Waals surface area (Å²) in [5.74, 6) is -3.19. The first-order valence-electron chi connectivity index (χ1n) is 12.3. The molecule has 2 aromatic rings. The van der Waals surface area contributed by atoms with Crippen LogP contribution in [0.1, 0.15) is 50.4 Å². The van der Waals surface area contributed by atoms with Gasteiger partial charge in [-0.15, -0.1) is 0 Å². The largest absolute Gasteiger partial charge is 0.494 e. The fourth-order valence-corrected chi connectivity index (χ4v) is 3.64. The van der Waals surface area contributed by atoms with Gasteiger partial charge in [0.05, 0.1) is 30.4 Å². The lowest BCUT2D eigenvalue weighted by Gasteiger charge is -2.32. The molecule has 1 aromatic carbocycles. The molecule has 2 heterocycles. The van der Waals surface area contributed by atoms with Crippen molar-refractivity contribution in [1.29, 1.82) is 0 Å². The minimum Gasteiger partial charge on any atom is -0.494 e. The van der Waals surface area contributed by atoms with E-state index in [1.54, 1.807) is 12.1 Å². The Kier molecular flexibility index (Phi) is 9.57. The second-order valence-corrected chi connectivity index (χ2v) is 9.93. The maximum atomic E-state index is 13.3. The number of para-hydroxylation sites is 1. The highest BCUT2D eigenvalue weighted by Crippen LogP contribution is 2.38. The minimum atomic E-state index is -4.84. The van der Waals surface area contributed by atoms with E-state index in [-0.39, 0.29) is 19.6 Å². The van der Waals surface area contributed by atoms with Crippen LogP contribution < -0.4 is 15.4 Å². The van der Waals surface area contributed by atoms with Crippen LogP contribution in [0.5, 0.6) is 5.75 Å². The van der Waals surface area contributed by atoms with Crippen molar-refractivity contribution in [1.82, 2.24) is 20.6 Å². The molecule has 212 valence electrons. The zero-order valence-corrected chi connectivity index (χ0v) is 22.4. The molecule has 1 aliphatic rings. The summed E-state index contributed by atoms with van der Waals surface area (Å²) in [4.78, 5) is 32.4. The van der Waals surface area contributed by atoms with Crippen molar-refractivity contribution in [3.8, 4) is 5.75 Å². The van der Waals surface area contributed by atoms with Crippen molar-refractivity contribution in [3.05, 3.63) is 54.1 Å². The molecule has 2 N–H and O–H groups in total. The van der Waals surface area contributed by atoms with Gasteiger partial charge in [-0.1, -0.05) is 18.2 Å². The number of hydrogen-bond donors (Lipinski definition) is 2. The maximum Gasteiger partial charge on any atom is 0.481 e. The summed E-state index contributed by atoms with van der Waals surface area (Å²) in [5, 5.41) is 5.20. The zero-order valence-electron chi connectivity index (χ0n) is 22.4. The number of halogens is 3. The lowest BCUT2D eigenvalue weighted by atomic mass is 9.76. The Morgan fingerprint density at radius 1 is 1.05 bits per heavy atom. The number of benzene rings is 1. The lowest BCUT2D eigenvalue weighted by Crippen LogP contribution is -2.56. The van der Waals surface area contributed by atoms with Crippen LogP contribution in [0.4, 0.5) is 13.2 Å². The van der Waals surface area contributed by atoms with Crippen molar-refractivity contribution >= 4 is 18.9 Å². The van der Waals surface area contributed by atoms with E-state index >= 15 is 0 Å². The first-order valence-corrected chi connectivity index (χ1v) is 12.3. The third kappa shape index (κ3) is 7.90. The second-order valence-electron chi connectivity index (χ2n) is 9.93. The van der Waals surface area contributed by atoms with Crippen LogP contribution in [0.15, 0.2) is 42.6 Å². The molecule has 0 aliphatic carbocycles. The first-order chi connectivity index (χ1) is 18.2. The average Bonchev–Trinajstić information content (AvgIpc) is 3.09. The van der Waals surface area contributed by atoms with E-state index in [0.717, 1.165) is 12.3 Å². The Balaban J connectivity index is 1.74. The van der Waals surface area contributed by atoms with Gasteiger partial charge in [0.2, 0.25) is 11.7 Å². The van der Waals surface area contributed by atoms with E-state index in [2.05, 4.69) is 20.6 Å². The molecule has 3 rings (SSSR count). The van der Waals surface area contributed by atoms with Crippen LogP contribution in [-0.4, -0.2) is 72.4 Å². The Morgan fingerprint density at radius 2 is 1.69 bits per heavy atom. The van der Waals surface area contributed by atoms with Gasteiger partial charge in [0.15, 0.2) is 0 Å². The average molecular weight is 552 g/mol. The predicted octanol–water partition coefficient (Wildman–Crippen LogP) is 2.83. The maximum absolute atomic E-state index is 13.3. The van der Waals surface area contributed by atoms with Crippen molar-refractivity contribution in [2.75, 3.05) is 20.3 Å².